The van der Waals surface area contributed by atoms with Crippen LogP contribution in [0.3, 0.4) is 0 Å². The molecule has 23 heavy (non-hydrogen) atoms. The summed E-state index contributed by atoms with van der Waals surface area (Å²) in [6.07, 6.45) is -1.02. The number of halogens is 1. The summed E-state index contributed by atoms with van der Waals surface area (Å²) in [5, 5.41) is 16.7. The van der Waals surface area contributed by atoms with Gasteiger partial charge in [0, 0.05) is 6.54 Å². The lowest BCUT2D eigenvalue weighted by Crippen LogP contribution is -2.32. The SMILES string of the molecule is CNC[C@@H](O)[C@@H](Oc1cccc2ccsc12)c1ccccc1.Cl. The van der Waals surface area contributed by atoms with Crippen LogP contribution in [0.15, 0.2) is 60.0 Å². The molecule has 2 N–H and O–H groups in total. The second-order valence-electron chi connectivity index (χ2n) is 5.17. The molecular formula is C18H20ClNO2S. The highest BCUT2D eigenvalue weighted by molar-refractivity contribution is 7.17. The minimum Gasteiger partial charge on any atom is -0.481 e. The molecule has 0 aliphatic heterocycles. The number of likely N-dealkylation sites (N-methyl/N-ethyl adjacent to an activating group) is 1. The molecule has 0 radical (unpaired) electrons. The van der Waals surface area contributed by atoms with Gasteiger partial charge in [-0.1, -0.05) is 42.5 Å². The van der Waals surface area contributed by atoms with E-state index in [1.807, 2.05) is 49.5 Å². The van der Waals surface area contributed by atoms with E-state index < -0.39 is 12.2 Å². The van der Waals surface area contributed by atoms with Crippen LogP contribution in [0, 0.1) is 0 Å². The summed E-state index contributed by atoms with van der Waals surface area (Å²) >= 11 is 1.65. The summed E-state index contributed by atoms with van der Waals surface area (Å²) in [5.41, 5.74) is 0.971. The molecule has 2 atom stereocenters. The Morgan fingerprint density at radius 3 is 2.61 bits per heavy atom. The van der Waals surface area contributed by atoms with Gasteiger partial charge in [0.15, 0.2) is 6.10 Å². The summed E-state index contributed by atoms with van der Waals surface area (Å²) in [7, 11) is 1.82. The fourth-order valence-corrected chi connectivity index (χ4v) is 3.38. The Bertz CT molecular complexity index is 732. The standard InChI is InChI=1S/C18H19NO2S.ClH/c1-19-12-15(20)17(13-6-3-2-4-7-13)21-16-9-5-8-14-10-11-22-18(14)16;/h2-11,15,17,19-20H,12H2,1H3;1H/t15-,17+;/m1./s1. The van der Waals surface area contributed by atoms with Gasteiger partial charge in [0.2, 0.25) is 0 Å². The molecule has 0 saturated heterocycles. The van der Waals surface area contributed by atoms with Gasteiger partial charge in [0.1, 0.15) is 11.9 Å². The first-order chi connectivity index (χ1) is 10.8. The fourth-order valence-electron chi connectivity index (χ4n) is 2.52. The summed E-state index contributed by atoms with van der Waals surface area (Å²) in [6, 6.07) is 17.9. The van der Waals surface area contributed by atoms with E-state index in [0.29, 0.717) is 6.54 Å². The van der Waals surface area contributed by atoms with E-state index in [4.69, 9.17) is 4.74 Å². The van der Waals surface area contributed by atoms with Gasteiger partial charge in [-0.25, -0.2) is 0 Å². The molecule has 122 valence electrons. The molecule has 2 aromatic carbocycles. The molecule has 0 fully saturated rings. The number of aliphatic hydroxyl groups is 1. The number of thiophene rings is 1. The molecule has 0 saturated carbocycles. The van der Waals surface area contributed by atoms with E-state index in [1.54, 1.807) is 11.3 Å². The Balaban J connectivity index is 0.00000192. The molecule has 1 heterocycles. The number of nitrogens with one attached hydrogen (secondary N) is 1. The molecule has 0 unspecified atom stereocenters. The van der Waals surface area contributed by atoms with E-state index in [9.17, 15) is 5.11 Å². The lowest BCUT2D eigenvalue weighted by molar-refractivity contribution is 0.0380. The van der Waals surface area contributed by atoms with Crippen molar-refractivity contribution in [2.45, 2.75) is 12.2 Å². The maximum absolute atomic E-state index is 10.5. The van der Waals surface area contributed by atoms with Crippen LogP contribution >= 0.6 is 23.7 Å². The van der Waals surface area contributed by atoms with Crippen molar-refractivity contribution in [1.82, 2.24) is 5.32 Å². The van der Waals surface area contributed by atoms with Crippen LogP contribution in [0.2, 0.25) is 0 Å². The van der Waals surface area contributed by atoms with Crippen LogP contribution < -0.4 is 10.1 Å². The van der Waals surface area contributed by atoms with E-state index in [1.165, 1.54) is 0 Å². The Morgan fingerprint density at radius 1 is 1.09 bits per heavy atom. The van der Waals surface area contributed by atoms with Crippen LogP contribution in [0.4, 0.5) is 0 Å². The van der Waals surface area contributed by atoms with Crippen molar-refractivity contribution in [3.05, 3.63) is 65.5 Å². The van der Waals surface area contributed by atoms with Gasteiger partial charge in [-0.3, -0.25) is 0 Å². The molecule has 3 rings (SSSR count). The first-order valence-electron chi connectivity index (χ1n) is 7.30. The van der Waals surface area contributed by atoms with Gasteiger partial charge < -0.3 is 15.2 Å². The Kier molecular flexibility index (Phi) is 6.42. The largest absolute Gasteiger partial charge is 0.481 e. The van der Waals surface area contributed by atoms with Gasteiger partial charge >= 0.3 is 0 Å². The third-order valence-electron chi connectivity index (χ3n) is 3.59. The highest BCUT2D eigenvalue weighted by Gasteiger charge is 2.23. The monoisotopic (exact) mass is 349 g/mol. The third kappa shape index (κ3) is 4.03. The van der Waals surface area contributed by atoms with Gasteiger partial charge in [0.05, 0.1) is 4.70 Å². The second-order valence-corrected chi connectivity index (χ2v) is 6.09. The average molecular weight is 350 g/mol. The zero-order chi connectivity index (χ0) is 15.4. The highest BCUT2D eigenvalue weighted by Crippen LogP contribution is 2.34. The van der Waals surface area contributed by atoms with E-state index in [-0.39, 0.29) is 12.4 Å². The first kappa shape index (κ1) is 17.8. The van der Waals surface area contributed by atoms with Crippen molar-refractivity contribution in [1.29, 1.82) is 0 Å². The number of ether oxygens (including phenoxy) is 1. The molecule has 0 aliphatic rings. The van der Waals surface area contributed by atoms with E-state index in [0.717, 1.165) is 21.4 Å². The number of fused-ring (bicyclic) bond motifs is 1. The maximum atomic E-state index is 10.5. The minimum absolute atomic E-state index is 0. The van der Waals surface area contributed by atoms with Crippen molar-refractivity contribution in [3.63, 3.8) is 0 Å². The smallest absolute Gasteiger partial charge is 0.151 e. The molecule has 5 heteroatoms. The summed E-state index contributed by atoms with van der Waals surface area (Å²) < 4.78 is 7.32. The third-order valence-corrected chi connectivity index (χ3v) is 4.53. The number of hydrogen-bond acceptors (Lipinski definition) is 4. The first-order valence-corrected chi connectivity index (χ1v) is 8.18. The molecule has 1 aromatic heterocycles. The number of benzene rings is 2. The highest BCUT2D eigenvalue weighted by atomic mass is 35.5. The fraction of sp³-hybridized carbons (Fsp3) is 0.222. The molecular weight excluding hydrogens is 330 g/mol. The Morgan fingerprint density at radius 2 is 1.87 bits per heavy atom. The molecule has 3 nitrogen and oxygen atoms in total. The second kappa shape index (κ2) is 8.31. The van der Waals surface area contributed by atoms with Gasteiger partial charge in [-0.2, -0.15) is 0 Å². The van der Waals surface area contributed by atoms with E-state index >= 15 is 0 Å². The van der Waals surface area contributed by atoms with Gasteiger partial charge in [-0.05, 0) is 35.5 Å². The van der Waals surface area contributed by atoms with Crippen LogP contribution in [0.25, 0.3) is 10.1 Å². The molecule has 0 bridgehead atoms. The van der Waals surface area contributed by atoms with Crippen LogP contribution in [0.5, 0.6) is 5.75 Å². The average Bonchev–Trinajstić information content (AvgIpc) is 3.03. The quantitative estimate of drug-likeness (QED) is 0.706. The Hall–Kier alpha value is -1.59. The molecule has 0 aliphatic carbocycles. The number of hydrogen-bond donors (Lipinski definition) is 2. The number of rotatable bonds is 6. The molecule has 0 amide bonds. The molecule has 0 spiro atoms. The lowest BCUT2D eigenvalue weighted by Gasteiger charge is -2.25. The van der Waals surface area contributed by atoms with Crippen molar-refractivity contribution in [2.75, 3.05) is 13.6 Å². The predicted molar refractivity (Wildman–Crippen MR) is 98.8 cm³/mol. The Labute approximate surface area is 146 Å². The van der Waals surface area contributed by atoms with Gasteiger partial charge in [0.25, 0.3) is 0 Å². The predicted octanol–water partition coefficient (Wildman–Crippen LogP) is 4.02. The van der Waals surface area contributed by atoms with Crippen LogP contribution in [-0.2, 0) is 0 Å². The van der Waals surface area contributed by atoms with Crippen LogP contribution in [-0.4, -0.2) is 24.8 Å². The maximum Gasteiger partial charge on any atom is 0.151 e. The normalized spacial score (nSPS) is 13.3. The van der Waals surface area contributed by atoms with Crippen LogP contribution in [0.1, 0.15) is 11.7 Å². The topological polar surface area (TPSA) is 41.5 Å². The lowest BCUT2D eigenvalue weighted by atomic mass is 10.0. The van der Waals surface area contributed by atoms with Crippen molar-refractivity contribution < 1.29 is 9.84 Å². The number of aliphatic hydroxyl groups excluding tert-OH is 1. The summed E-state index contributed by atoms with van der Waals surface area (Å²) in [4.78, 5) is 0. The van der Waals surface area contributed by atoms with E-state index in [2.05, 4.69) is 22.8 Å². The van der Waals surface area contributed by atoms with Crippen molar-refractivity contribution in [3.8, 4) is 5.75 Å². The zero-order valence-corrected chi connectivity index (χ0v) is 14.4. The van der Waals surface area contributed by atoms with Gasteiger partial charge in [-0.15, -0.1) is 23.7 Å². The minimum atomic E-state index is -0.623. The van der Waals surface area contributed by atoms with Crippen molar-refractivity contribution in [2.24, 2.45) is 0 Å². The molecule has 3 aromatic rings. The summed E-state index contributed by atoms with van der Waals surface area (Å²) in [6.45, 7) is 0.472. The summed E-state index contributed by atoms with van der Waals surface area (Å²) in [5.74, 6) is 0.816. The zero-order valence-electron chi connectivity index (χ0n) is 12.8. The van der Waals surface area contributed by atoms with Crippen molar-refractivity contribution >= 4 is 33.8 Å².